The van der Waals surface area contributed by atoms with Crippen molar-refractivity contribution >= 4 is 0 Å². The van der Waals surface area contributed by atoms with E-state index in [2.05, 4.69) is 31.2 Å². The molecule has 32 heavy (non-hydrogen) atoms. The summed E-state index contributed by atoms with van der Waals surface area (Å²) in [5.41, 5.74) is 3.39. The van der Waals surface area contributed by atoms with Crippen LogP contribution >= 0.6 is 0 Å². The lowest BCUT2D eigenvalue weighted by atomic mass is 9.75. The van der Waals surface area contributed by atoms with E-state index in [4.69, 9.17) is 4.74 Å². The number of ether oxygens (including phenoxy) is 1. The van der Waals surface area contributed by atoms with Crippen LogP contribution < -0.4 is 4.74 Å². The summed E-state index contributed by atoms with van der Waals surface area (Å²) >= 11 is 0. The highest BCUT2D eigenvalue weighted by Crippen LogP contribution is 2.43. The van der Waals surface area contributed by atoms with Gasteiger partial charge >= 0.3 is 0 Å². The minimum atomic E-state index is -0.883. The van der Waals surface area contributed by atoms with E-state index in [0.29, 0.717) is 11.5 Å². The molecule has 0 bridgehead atoms. The van der Waals surface area contributed by atoms with Crippen LogP contribution in [0.15, 0.2) is 48.7 Å². The minimum Gasteiger partial charge on any atom is -0.462 e. The highest BCUT2D eigenvalue weighted by molar-refractivity contribution is 5.34. The van der Waals surface area contributed by atoms with E-state index in [1.165, 1.54) is 49.5 Å². The smallest absolute Gasteiger partial charge is 0.201 e. The van der Waals surface area contributed by atoms with Gasteiger partial charge in [0.2, 0.25) is 5.82 Å². The molecule has 2 aliphatic carbocycles. The molecule has 2 saturated carbocycles. The molecule has 2 aliphatic rings. The zero-order valence-corrected chi connectivity index (χ0v) is 19.5. The third-order valence-electron chi connectivity index (χ3n) is 7.88. The molecule has 2 fully saturated rings. The molecule has 0 amide bonds. The molecule has 0 heterocycles. The topological polar surface area (TPSA) is 9.23 Å². The zero-order chi connectivity index (χ0) is 22.5. The van der Waals surface area contributed by atoms with Gasteiger partial charge in [-0.2, -0.15) is 4.39 Å². The second-order valence-corrected chi connectivity index (χ2v) is 9.71. The molecule has 0 radical (unpaired) electrons. The van der Waals surface area contributed by atoms with Crippen LogP contribution in [0.1, 0.15) is 106 Å². The summed E-state index contributed by atoms with van der Waals surface area (Å²) in [4.78, 5) is 0. The summed E-state index contributed by atoms with van der Waals surface area (Å²) in [6, 6.07) is 12.6. The molecule has 0 aromatic heterocycles. The summed E-state index contributed by atoms with van der Waals surface area (Å²) in [6.45, 7) is 4.08. The monoisotopic (exact) mass is 438 g/mol. The van der Waals surface area contributed by atoms with Gasteiger partial charge in [0.25, 0.3) is 0 Å². The molecule has 4 rings (SSSR count). The van der Waals surface area contributed by atoms with Crippen molar-refractivity contribution in [2.75, 3.05) is 0 Å². The molecule has 3 heteroatoms. The normalized spacial score (nSPS) is 26.4. The first-order valence-electron chi connectivity index (χ1n) is 12.5. The molecule has 2 aromatic rings. The van der Waals surface area contributed by atoms with Crippen molar-refractivity contribution in [3.63, 3.8) is 0 Å². The van der Waals surface area contributed by atoms with E-state index in [0.717, 1.165) is 37.5 Å². The van der Waals surface area contributed by atoms with E-state index in [1.807, 2.05) is 0 Å². The van der Waals surface area contributed by atoms with Gasteiger partial charge in [0.15, 0.2) is 11.6 Å². The van der Waals surface area contributed by atoms with Crippen molar-refractivity contribution in [2.45, 2.75) is 89.4 Å². The number of rotatable bonds is 6. The molecule has 2 aromatic carbocycles. The van der Waals surface area contributed by atoms with Crippen molar-refractivity contribution < 1.29 is 13.5 Å². The predicted octanol–water partition coefficient (Wildman–Crippen LogP) is 9.00. The molecule has 0 unspecified atom stereocenters. The van der Waals surface area contributed by atoms with Crippen molar-refractivity contribution in [3.05, 3.63) is 77.1 Å². The highest BCUT2D eigenvalue weighted by atomic mass is 19.2. The molecule has 0 saturated heterocycles. The van der Waals surface area contributed by atoms with Crippen LogP contribution in [0.25, 0.3) is 0 Å². The fourth-order valence-electron chi connectivity index (χ4n) is 5.78. The minimum absolute atomic E-state index is 0.0543. The van der Waals surface area contributed by atoms with E-state index < -0.39 is 11.6 Å². The first kappa shape index (κ1) is 23.0. The third-order valence-corrected chi connectivity index (χ3v) is 7.88. The Balaban J connectivity index is 1.35. The third kappa shape index (κ3) is 5.08. The number of hydrogen-bond donors (Lipinski definition) is 0. The van der Waals surface area contributed by atoms with Crippen LogP contribution in [0.5, 0.6) is 5.75 Å². The van der Waals surface area contributed by atoms with Gasteiger partial charge in [-0.15, -0.1) is 0 Å². The van der Waals surface area contributed by atoms with Crippen molar-refractivity contribution in [1.29, 1.82) is 0 Å². The first-order chi connectivity index (χ1) is 15.6. The average molecular weight is 439 g/mol. The fraction of sp³-hybridized carbons (Fsp3) is 0.517. The van der Waals surface area contributed by atoms with E-state index in [9.17, 15) is 8.78 Å². The summed E-state index contributed by atoms with van der Waals surface area (Å²) in [6.07, 6.45) is 13.5. The van der Waals surface area contributed by atoms with E-state index >= 15 is 0 Å². The summed E-state index contributed by atoms with van der Waals surface area (Å²) < 4.78 is 34.2. The number of halogens is 2. The van der Waals surface area contributed by atoms with Crippen LogP contribution in [0.4, 0.5) is 8.78 Å². The maximum atomic E-state index is 14.7. The molecule has 0 spiro atoms. The van der Waals surface area contributed by atoms with Crippen LogP contribution in [-0.4, -0.2) is 0 Å². The Morgan fingerprint density at radius 3 is 1.81 bits per heavy atom. The van der Waals surface area contributed by atoms with Crippen LogP contribution in [0, 0.1) is 17.6 Å². The standard InChI is InChI=1S/C29H36F2O/c1-3-19-32-27-18-17-26(28(30)29(27)31)25-15-13-24(14-16-25)23-11-9-22(10-12-23)21-7-5-20(4-2)6-8-21/h3,9-12,17-21,24-25H,4-8,13-16H2,1-2H3/b19-3+. The van der Waals surface area contributed by atoms with Gasteiger partial charge in [0, 0.05) is 0 Å². The lowest BCUT2D eigenvalue weighted by Gasteiger charge is -2.30. The van der Waals surface area contributed by atoms with Crippen LogP contribution in [-0.2, 0) is 0 Å². The SMILES string of the molecule is C/C=C/Oc1ccc(C2CCC(c3ccc(C4CCC(CC)CC4)cc3)CC2)c(F)c1F. The van der Waals surface area contributed by atoms with Gasteiger partial charge in [-0.3, -0.25) is 0 Å². The van der Waals surface area contributed by atoms with Gasteiger partial charge in [0.1, 0.15) is 0 Å². The van der Waals surface area contributed by atoms with E-state index in [-0.39, 0.29) is 11.7 Å². The molecule has 0 aliphatic heterocycles. The Kier molecular flexibility index (Phi) is 7.65. The Labute approximate surface area is 191 Å². The first-order valence-corrected chi connectivity index (χ1v) is 12.5. The molecular formula is C29H36F2O. The number of hydrogen-bond acceptors (Lipinski definition) is 1. The molecule has 172 valence electrons. The summed E-state index contributed by atoms with van der Waals surface area (Å²) in [5, 5.41) is 0. The highest BCUT2D eigenvalue weighted by Gasteiger charge is 2.28. The van der Waals surface area contributed by atoms with Crippen molar-refractivity contribution in [2.24, 2.45) is 5.92 Å². The number of benzene rings is 2. The molecule has 1 nitrogen and oxygen atoms in total. The summed E-state index contributed by atoms with van der Waals surface area (Å²) in [5.74, 6) is 0.548. The molecular weight excluding hydrogens is 402 g/mol. The molecule has 0 N–H and O–H groups in total. The Morgan fingerprint density at radius 1 is 0.750 bits per heavy atom. The van der Waals surface area contributed by atoms with Gasteiger partial charge in [-0.1, -0.05) is 49.8 Å². The van der Waals surface area contributed by atoms with Gasteiger partial charge in [-0.05, 0) is 105 Å². The van der Waals surface area contributed by atoms with Gasteiger partial charge < -0.3 is 4.74 Å². The van der Waals surface area contributed by atoms with Gasteiger partial charge in [-0.25, -0.2) is 4.39 Å². The second kappa shape index (κ2) is 10.6. The Morgan fingerprint density at radius 2 is 1.28 bits per heavy atom. The largest absolute Gasteiger partial charge is 0.462 e. The van der Waals surface area contributed by atoms with E-state index in [1.54, 1.807) is 25.1 Å². The van der Waals surface area contributed by atoms with Crippen LogP contribution in [0.2, 0.25) is 0 Å². The Bertz CT molecular complexity index is 901. The lowest BCUT2D eigenvalue weighted by molar-refractivity contribution is 0.318. The lowest BCUT2D eigenvalue weighted by Crippen LogP contribution is -2.14. The van der Waals surface area contributed by atoms with Crippen molar-refractivity contribution in [3.8, 4) is 5.75 Å². The van der Waals surface area contributed by atoms with Gasteiger partial charge in [0.05, 0.1) is 6.26 Å². The average Bonchev–Trinajstić information content (AvgIpc) is 2.85. The van der Waals surface area contributed by atoms with Crippen LogP contribution in [0.3, 0.4) is 0 Å². The van der Waals surface area contributed by atoms with Crippen molar-refractivity contribution in [1.82, 2.24) is 0 Å². The Hall–Kier alpha value is -2.16. The fourth-order valence-corrected chi connectivity index (χ4v) is 5.78. The maximum Gasteiger partial charge on any atom is 0.201 e. The summed E-state index contributed by atoms with van der Waals surface area (Å²) in [7, 11) is 0. The number of allylic oxidation sites excluding steroid dienone is 1. The zero-order valence-electron chi connectivity index (χ0n) is 19.5. The predicted molar refractivity (Wildman–Crippen MR) is 127 cm³/mol. The maximum absolute atomic E-state index is 14.7. The quantitative estimate of drug-likeness (QED) is 0.409. The molecule has 0 atom stereocenters. The second-order valence-electron chi connectivity index (χ2n) is 9.71.